The summed E-state index contributed by atoms with van der Waals surface area (Å²) in [5, 5.41) is 23.4. The molecule has 0 aromatic heterocycles. The van der Waals surface area contributed by atoms with Gasteiger partial charge in [0.05, 0.1) is 6.54 Å². The van der Waals surface area contributed by atoms with Crippen LogP contribution in [-0.2, 0) is 4.79 Å². The standard InChI is InChI=1S/C17H16N2O4.Na/c20-15(12-7-3-1-4-8-12)18-11-14(17(22)23)19-16(21)13-9-5-2-6-10-13;/h1-10,14H,11H2,(H,18,20)(H,19,21)(H,22,23);/q;+1/p-1/t14-;/m1./s1. The molecule has 6 nitrogen and oxygen atoms in total. The molecule has 0 saturated carbocycles. The van der Waals surface area contributed by atoms with Crippen molar-refractivity contribution in [1.29, 1.82) is 0 Å². The quantitative estimate of drug-likeness (QED) is 0.352. The molecule has 2 aromatic carbocycles. The number of nitrogens with zero attached hydrogens (tertiary/aromatic N) is 1. The van der Waals surface area contributed by atoms with Gasteiger partial charge in [-0.1, -0.05) is 48.5 Å². The molecule has 0 fully saturated rings. The SMILES string of the molecule is O=C(N[C@H](CN=C([O-])c1ccccc1)C(=O)O)c1ccccc1.[Na+]. The van der Waals surface area contributed by atoms with E-state index in [1.807, 2.05) is 0 Å². The van der Waals surface area contributed by atoms with Crippen molar-refractivity contribution in [2.75, 3.05) is 6.54 Å². The summed E-state index contributed by atoms with van der Waals surface area (Å²) in [5.41, 5.74) is 0.708. The largest absolute Gasteiger partial charge is 1.00 e. The summed E-state index contributed by atoms with van der Waals surface area (Å²) >= 11 is 0. The summed E-state index contributed by atoms with van der Waals surface area (Å²) in [6.07, 6.45) is 0. The van der Waals surface area contributed by atoms with Crippen LogP contribution in [0.4, 0.5) is 0 Å². The number of carbonyl (C=O) groups is 2. The Balaban J connectivity index is 0.00000288. The maximum Gasteiger partial charge on any atom is 1.00 e. The van der Waals surface area contributed by atoms with Crippen molar-refractivity contribution in [3.05, 3.63) is 71.8 Å². The number of nitrogens with one attached hydrogen (secondary N) is 1. The average molecular weight is 334 g/mol. The van der Waals surface area contributed by atoms with Gasteiger partial charge < -0.3 is 15.5 Å². The van der Waals surface area contributed by atoms with Crippen LogP contribution in [0.15, 0.2) is 65.7 Å². The van der Waals surface area contributed by atoms with Gasteiger partial charge in [0, 0.05) is 5.56 Å². The van der Waals surface area contributed by atoms with E-state index >= 15 is 0 Å². The second-order valence-electron chi connectivity index (χ2n) is 4.74. The Bertz CT molecular complexity index is 705. The van der Waals surface area contributed by atoms with E-state index in [0.29, 0.717) is 11.1 Å². The Morgan fingerprint density at radius 2 is 1.50 bits per heavy atom. The number of aliphatic imine (C=N–C) groups is 1. The second kappa shape index (κ2) is 9.87. The van der Waals surface area contributed by atoms with E-state index in [4.69, 9.17) is 5.11 Å². The minimum atomic E-state index is -1.27. The number of benzene rings is 2. The molecule has 7 heteroatoms. The monoisotopic (exact) mass is 334 g/mol. The maximum atomic E-state index is 12.0. The third-order valence-electron chi connectivity index (χ3n) is 3.08. The molecule has 0 bridgehead atoms. The van der Waals surface area contributed by atoms with Gasteiger partial charge in [-0.25, -0.2) is 4.79 Å². The van der Waals surface area contributed by atoms with E-state index in [9.17, 15) is 14.7 Å². The van der Waals surface area contributed by atoms with Crippen LogP contribution in [0.5, 0.6) is 0 Å². The third kappa shape index (κ3) is 5.81. The number of hydrogen-bond donors (Lipinski definition) is 2. The van der Waals surface area contributed by atoms with Gasteiger partial charge in [-0.2, -0.15) is 0 Å². The van der Waals surface area contributed by atoms with Gasteiger partial charge in [0.15, 0.2) is 0 Å². The fraction of sp³-hybridized carbons (Fsp3) is 0.118. The van der Waals surface area contributed by atoms with Gasteiger partial charge in [0.25, 0.3) is 5.91 Å². The first-order chi connectivity index (χ1) is 11.1. The first kappa shape index (κ1) is 19.9. The zero-order valence-corrected chi connectivity index (χ0v) is 15.2. The van der Waals surface area contributed by atoms with Crippen molar-refractivity contribution < 1.29 is 49.4 Å². The molecule has 0 unspecified atom stereocenters. The number of amides is 1. The molecule has 2 rings (SSSR count). The topological polar surface area (TPSA) is 102 Å². The van der Waals surface area contributed by atoms with E-state index in [0.717, 1.165) is 0 Å². The van der Waals surface area contributed by atoms with Crippen LogP contribution >= 0.6 is 0 Å². The molecule has 1 atom stereocenters. The number of carboxylic acid groups (broad SMARTS) is 1. The Morgan fingerprint density at radius 1 is 1.00 bits per heavy atom. The minimum Gasteiger partial charge on any atom is -0.858 e. The van der Waals surface area contributed by atoms with Gasteiger partial charge in [0.1, 0.15) is 6.04 Å². The molecule has 2 aromatic rings. The van der Waals surface area contributed by atoms with Crippen molar-refractivity contribution in [1.82, 2.24) is 5.32 Å². The molecule has 0 radical (unpaired) electrons. The van der Waals surface area contributed by atoms with Crippen LogP contribution in [-0.4, -0.2) is 35.5 Å². The fourth-order valence-corrected chi connectivity index (χ4v) is 1.86. The van der Waals surface area contributed by atoms with Crippen LogP contribution in [0.1, 0.15) is 15.9 Å². The molecule has 0 spiro atoms. The smallest absolute Gasteiger partial charge is 0.858 e. The summed E-state index contributed by atoms with van der Waals surface area (Å²) in [6, 6.07) is 15.3. The van der Waals surface area contributed by atoms with Crippen LogP contribution < -0.4 is 40.0 Å². The van der Waals surface area contributed by atoms with Gasteiger partial charge in [-0.05, 0) is 23.6 Å². The predicted molar refractivity (Wildman–Crippen MR) is 83.2 cm³/mol. The number of rotatable bonds is 6. The summed E-state index contributed by atoms with van der Waals surface area (Å²) in [4.78, 5) is 26.9. The second-order valence-corrected chi connectivity index (χ2v) is 4.74. The zero-order valence-electron chi connectivity index (χ0n) is 13.2. The van der Waals surface area contributed by atoms with Crippen molar-refractivity contribution in [2.24, 2.45) is 4.99 Å². The molecule has 24 heavy (non-hydrogen) atoms. The van der Waals surface area contributed by atoms with Crippen LogP contribution in [0.25, 0.3) is 0 Å². The maximum absolute atomic E-state index is 12.0. The van der Waals surface area contributed by atoms with Crippen molar-refractivity contribution in [3.8, 4) is 0 Å². The van der Waals surface area contributed by atoms with Gasteiger partial charge >= 0.3 is 35.5 Å². The molecule has 0 aliphatic carbocycles. The first-order valence-electron chi connectivity index (χ1n) is 6.93. The molecule has 2 N–H and O–H groups in total. The Morgan fingerprint density at radius 3 is 2.00 bits per heavy atom. The van der Waals surface area contributed by atoms with E-state index in [1.165, 1.54) is 0 Å². The average Bonchev–Trinajstić information content (AvgIpc) is 2.59. The van der Waals surface area contributed by atoms with E-state index in [1.54, 1.807) is 60.7 Å². The normalized spacial score (nSPS) is 11.9. The van der Waals surface area contributed by atoms with Crippen molar-refractivity contribution >= 4 is 17.8 Å². The van der Waals surface area contributed by atoms with Crippen LogP contribution in [0, 0.1) is 0 Å². The van der Waals surface area contributed by atoms with Gasteiger partial charge in [-0.3, -0.25) is 9.79 Å². The van der Waals surface area contributed by atoms with Gasteiger partial charge in [-0.15, -0.1) is 0 Å². The molecular weight excluding hydrogens is 319 g/mol. The van der Waals surface area contributed by atoms with Crippen LogP contribution in [0.3, 0.4) is 0 Å². The van der Waals surface area contributed by atoms with Crippen molar-refractivity contribution in [2.45, 2.75) is 6.04 Å². The minimum absolute atomic E-state index is 0. The van der Waals surface area contributed by atoms with Gasteiger partial charge in [0.2, 0.25) is 0 Å². The number of hydrogen-bond acceptors (Lipinski definition) is 4. The zero-order chi connectivity index (χ0) is 16.7. The van der Waals surface area contributed by atoms with E-state index in [-0.39, 0.29) is 36.1 Å². The fourth-order valence-electron chi connectivity index (χ4n) is 1.86. The molecule has 0 aliphatic heterocycles. The molecule has 118 valence electrons. The molecule has 1 amide bonds. The number of carbonyl (C=O) groups excluding carboxylic acids is 1. The summed E-state index contributed by atoms with van der Waals surface area (Å²) in [6.45, 7) is -0.332. The summed E-state index contributed by atoms with van der Waals surface area (Å²) in [7, 11) is 0. The third-order valence-corrected chi connectivity index (χ3v) is 3.08. The number of aliphatic carboxylic acids is 1. The van der Waals surface area contributed by atoms with Crippen LogP contribution in [0.2, 0.25) is 0 Å². The molecule has 0 aliphatic rings. The van der Waals surface area contributed by atoms with Crippen molar-refractivity contribution in [3.63, 3.8) is 0 Å². The van der Waals surface area contributed by atoms with E-state index in [2.05, 4.69) is 10.3 Å². The Labute approximate surface area is 161 Å². The molecule has 0 saturated heterocycles. The first-order valence-corrected chi connectivity index (χ1v) is 6.93. The molecule has 0 heterocycles. The summed E-state index contributed by atoms with van der Waals surface area (Å²) < 4.78 is 0. The Kier molecular flexibility index (Phi) is 8.18. The number of carboxylic acids is 1. The predicted octanol–water partition coefficient (Wildman–Crippen LogP) is -2.32. The Hall–Kier alpha value is -2.15. The van der Waals surface area contributed by atoms with E-state index < -0.39 is 23.8 Å². The summed E-state index contributed by atoms with van der Waals surface area (Å²) in [5.74, 6) is -2.30. The molecular formula is C17H15N2NaO4.